The van der Waals surface area contributed by atoms with E-state index >= 15 is 0 Å². The maximum Gasteiger partial charge on any atom is 0.137 e. The molecule has 4 heteroatoms. The van der Waals surface area contributed by atoms with E-state index in [1.54, 1.807) is 6.07 Å². The normalized spacial score (nSPS) is 23.5. The minimum absolute atomic E-state index is 0.199. The van der Waals surface area contributed by atoms with Crippen molar-refractivity contribution in [2.75, 3.05) is 12.4 Å². The minimum Gasteiger partial charge on any atom is -0.312 e. The Bertz CT molecular complexity index is 413. The molecule has 0 aliphatic heterocycles. The minimum atomic E-state index is -0.199. The Balaban J connectivity index is 1.84. The van der Waals surface area contributed by atoms with E-state index in [1.165, 1.54) is 31.7 Å². The quantitative estimate of drug-likeness (QED) is 0.759. The lowest BCUT2D eigenvalue weighted by atomic mass is 9.80. The summed E-state index contributed by atoms with van der Waals surface area (Å²) in [5.74, 6) is 1.86. The van der Waals surface area contributed by atoms with Gasteiger partial charge in [0.05, 0.1) is 4.47 Å². The first kappa shape index (κ1) is 15.3. The van der Waals surface area contributed by atoms with Crippen LogP contribution in [0.15, 0.2) is 22.7 Å². The van der Waals surface area contributed by atoms with Gasteiger partial charge in [0.2, 0.25) is 0 Å². The molecule has 106 valence electrons. The van der Waals surface area contributed by atoms with Crippen molar-refractivity contribution in [1.29, 1.82) is 0 Å². The Morgan fingerprint density at radius 3 is 2.74 bits per heavy atom. The largest absolute Gasteiger partial charge is 0.312 e. The first-order valence-electron chi connectivity index (χ1n) is 6.92. The van der Waals surface area contributed by atoms with Crippen LogP contribution in [-0.4, -0.2) is 12.4 Å². The van der Waals surface area contributed by atoms with Crippen molar-refractivity contribution in [3.05, 3.63) is 34.1 Å². The number of alkyl halides is 1. The molecule has 1 N–H and O–H groups in total. The van der Waals surface area contributed by atoms with Crippen LogP contribution in [0.3, 0.4) is 0 Å². The molecule has 1 aromatic carbocycles. The number of nitrogens with one attached hydrogen (secondary N) is 1. The van der Waals surface area contributed by atoms with Gasteiger partial charge in [-0.2, -0.15) is 0 Å². The Morgan fingerprint density at radius 2 is 2.00 bits per heavy atom. The highest BCUT2D eigenvalue weighted by atomic mass is 79.9. The Labute approximate surface area is 128 Å². The van der Waals surface area contributed by atoms with Crippen LogP contribution in [-0.2, 0) is 6.54 Å². The lowest BCUT2D eigenvalue weighted by Crippen LogP contribution is -2.31. The van der Waals surface area contributed by atoms with Crippen molar-refractivity contribution in [3.63, 3.8) is 0 Å². The molecule has 19 heavy (non-hydrogen) atoms. The molecule has 2 unspecified atom stereocenters. The average Bonchev–Trinajstić information content (AvgIpc) is 2.44. The van der Waals surface area contributed by atoms with E-state index in [4.69, 9.17) is 11.6 Å². The predicted molar refractivity (Wildman–Crippen MR) is 82.0 cm³/mol. The third-order valence-electron chi connectivity index (χ3n) is 4.02. The molecule has 0 saturated heterocycles. The Morgan fingerprint density at radius 1 is 1.26 bits per heavy atom. The monoisotopic (exact) mass is 347 g/mol. The summed E-state index contributed by atoms with van der Waals surface area (Å²) in [6.07, 6.45) is 5.13. The second-order valence-corrected chi connectivity index (χ2v) is 6.40. The zero-order valence-corrected chi connectivity index (χ0v) is 13.3. The fourth-order valence-corrected chi connectivity index (χ4v) is 3.64. The first-order chi connectivity index (χ1) is 9.22. The Hall–Kier alpha value is -0.120. The van der Waals surface area contributed by atoms with Crippen molar-refractivity contribution < 1.29 is 4.39 Å². The van der Waals surface area contributed by atoms with E-state index in [2.05, 4.69) is 21.2 Å². The van der Waals surface area contributed by atoms with Crippen LogP contribution < -0.4 is 5.32 Å². The molecule has 0 bridgehead atoms. The van der Waals surface area contributed by atoms with Crippen LogP contribution in [0, 0.1) is 17.7 Å². The van der Waals surface area contributed by atoms with Crippen LogP contribution in [0.4, 0.5) is 4.39 Å². The van der Waals surface area contributed by atoms with Crippen LogP contribution in [0.1, 0.15) is 31.2 Å². The number of halogens is 3. The van der Waals surface area contributed by atoms with E-state index in [0.29, 0.717) is 22.9 Å². The van der Waals surface area contributed by atoms with Crippen molar-refractivity contribution in [2.45, 2.75) is 32.2 Å². The molecule has 1 saturated carbocycles. The second kappa shape index (κ2) is 7.61. The molecule has 0 heterocycles. The molecule has 1 aromatic rings. The highest BCUT2D eigenvalue weighted by molar-refractivity contribution is 9.10. The van der Waals surface area contributed by atoms with Gasteiger partial charge in [0.25, 0.3) is 0 Å². The van der Waals surface area contributed by atoms with E-state index in [1.807, 2.05) is 6.07 Å². The third kappa shape index (κ3) is 4.17. The van der Waals surface area contributed by atoms with Gasteiger partial charge < -0.3 is 5.32 Å². The molecule has 0 spiro atoms. The van der Waals surface area contributed by atoms with Gasteiger partial charge >= 0.3 is 0 Å². The molecule has 1 aliphatic carbocycles. The highest BCUT2D eigenvalue weighted by Crippen LogP contribution is 2.30. The molecule has 0 radical (unpaired) electrons. The fraction of sp³-hybridized carbons (Fsp3) is 0.600. The van der Waals surface area contributed by atoms with Gasteiger partial charge in [-0.15, -0.1) is 11.6 Å². The summed E-state index contributed by atoms with van der Waals surface area (Å²) in [4.78, 5) is 0. The van der Waals surface area contributed by atoms with Crippen molar-refractivity contribution >= 4 is 27.5 Å². The first-order valence-corrected chi connectivity index (χ1v) is 8.24. The van der Waals surface area contributed by atoms with E-state index in [0.717, 1.165) is 18.0 Å². The van der Waals surface area contributed by atoms with Crippen LogP contribution in [0.25, 0.3) is 0 Å². The molecular weight excluding hydrogens is 329 g/mol. The van der Waals surface area contributed by atoms with E-state index in [9.17, 15) is 4.39 Å². The summed E-state index contributed by atoms with van der Waals surface area (Å²) in [6, 6.07) is 5.16. The van der Waals surface area contributed by atoms with Gasteiger partial charge in [-0.25, -0.2) is 4.39 Å². The number of hydrogen-bond donors (Lipinski definition) is 1. The van der Waals surface area contributed by atoms with Crippen LogP contribution >= 0.6 is 27.5 Å². The predicted octanol–water partition coefficient (Wildman–Crippen LogP) is 4.72. The molecule has 1 aliphatic rings. The zero-order valence-electron chi connectivity index (χ0n) is 11.0. The molecule has 2 rings (SSSR count). The Kier molecular flexibility index (Phi) is 6.11. The van der Waals surface area contributed by atoms with E-state index < -0.39 is 0 Å². The average molecular weight is 349 g/mol. The molecule has 0 amide bonds. The van der Waals surface area contributed by atoms with Crippen molar-refractivity contribution in [3.8, 4) is 0 Å². The lowest BCUT2D eigenvalue weighted by molar-refractivity contribution is 0.250. The van der Waals surface area contributed by atoms with Crippen molar-refractivity contribution in [1.82, 2.24) is 5.32 Å². The van der Waals surface area contributed by atoms with Gasteiger partial charge in [-0.05, 0) is 58.8 Å². The number of rotatable bonds is 5. The maximum absolute atomic E-state index is 13.4. The summed E-state index contributed by atoms with van der Waals surface area (Å²) in [7, 11) is 0. The van der Waals surface area contributed by atoms with E-state index in [-0.39, 0.29) is 5.82 Å². The van der Waals surface area contributed by atoms with Crippen molar-refractivity contribution in [2.24, 2.45) is 11.8 Å². The maximum atomic E-state index is 13.4. The summed E-state index contributed by atoms with van der Waals surface area (Å²) in [5, 5.41) is 3.45. The standard InChI is InChI=1S/C15H20BrClFN/c16-15-13(6-3-7-14(15)18)10-19-9-12-5-2-1-4-11(12)8-17/h3,6-7,11-12,19H,1-2,4-5,8-10H2. The number of hydrogen-bond acceptors (Lipinski definition) is 1. The molecule has 1 fully saturated rings. The van der Waals surface area contributed by atoms with Crippen LogP contribution in [0.2, 0.25) is 0 Å². The highest BCUT2D eigenvalue weighted by Gasteiger charge is 2.23. The van der Waals surface area contributed by atoms with Gasteiger partial charge in [0.1, 0.15) is 5.82 Å². The number of benzene rings is 1. The summed E-state index contributed by atoms with van der Waals surface area (Å²) in [6.45, 7) is 1.67. The van der Waals surface area contributed by atoms with Gasteiger partial charge in [0.15, 0.2) is 0 Å². The van der Waals surface area contributed by atoms with Crippen LogP contribution in [0.5, 0.6) is 0 Å². The molecule has 1 nitrogen and oxygen atoms in total. The second-order valence-electron chi connectivity index (χ2n) is 5.30. The molecule has 0 aromatic heterocycles. The summed E-state index contributed by atoms with van der Waals surface area (Å²) >= 11 is 9.33. The fourth-order valence-electron chi connectivity index (χ4n) is 2.83. The molecule has 2 atom stereocenters. The molecular formula is C15H20BrClFN. The topological polar surface area (TPSA) is 12.0 Å². The summed E-state index contributed by atoms with van der Waals surface area (Å²) in [5.41, 5.74) is 0.971. The third-order valence-corrected chi connectivity index (χ3v) is 5.30. The SMILES string of the molecule is Fc1cccc(CNCC2CCCCC2CCl)c1Br. The van der Waals surface area contributed by atoms with Gasteiger partial charge in [-0.1, -0.05) is 25.0 Å². The van der Waals surface area contributed by atoms with Gasteiger partial charge in [-0.3, -0.25) is 0 Å². The smallest absolute Gasteiger partial charge is 0.137 e. The van der Waals surface area contributed by atoms with Gasteiger partial charge in [0, 0.05) is 12.4 Å². The zero-order chi connectivity index (χ0) is 13.7. The summed E-state index contributed by atoms with van der Waals surface area (Å²) < 4.78 is 14.0. The lowest BCUT2D eigenvalue weighted by Gasteiger charge is -2.30.